The number of benzene rings is 1. The highest BCUT2D eigenvalue weighted by molar-refractivity contribution is 9.09. The van der Waals surface area contributed by atoms with Crippen LogP contribution in [0.3, 0.4) is 0 Å². The fourth-order valence-electron chi connectivity index (χ4n) is 1.56. The number of rotatable bonds is 2. The molecule has 1 aromatic carbocycles. The van der Waals surface area contributed by atoms with Crippen molar-refractivity contribution < 1.29 is 0 Å². The van der Waals surface area contributed by atoms with Gasteiger partial charge < -0.3 is 0 Å². The zero-order chi connectivity index (χ0) is 10.1. The van der Waals surface area contributed by atoms with Crippen LogP contribution in [-0.4, -0.2) is 5.33 Å². The summed E-state index contributed by atoms with van der Waals surface area (Å²) in [4.78, 5) is 0. The molecule has 0 aliphatic rings. The smallest absolute Gasteiger partial charge is 0.0123 e. The minimum Gasteiger partial charge on any atom is -0.0919 e. The summed E-state index contributed by atoms with van der Waals surface area (Å²) in [6.45, 7) is 8.91. The molecular weight excluding hydrogens is 224 g/mol. The molecule has 0 saturated heterocycles. The van der Waals surface area contributed by atoms with Crippen molar-refractivity contribution in [3.05, 3.63) is 34.9 Å². The van der Waals surface area contributed by atoms with E-state index in [-0.39, 0.29) is 5.41 Å². The number of aryl methyl sites for hydroxylation is 1. The van der Waals surface area contributed by atoms with Crippen LogP contribution in [0, 0.1) is 13.8 Å². The van der Waals surface area contributed by atoms with Crippen LogP contribution in [0.15, 0.2) is 18.2 Å². The van der Waals surface area contributed by atoms with Gasteiger partial charge in [-0.05, 0) is 36.0 Å². The molecular formula is C12H17Br. The lowest BCUT2D eigenvalue weighted by Crippen LogP contribution is -2.20. The first-order chi connectivity index (χ1) is 5.99. The Balaban J connectivity index is 3.22. The van der Waals surface area contributed by atoms with Gasteiger partial charge in [-0.15, -0.1) is 0 Å². The summed E-state index contributed by atoms with van der Waals surface area (Å²) in [5.74, 6) is 0. The van der Waals surface area contributed by atoms with E-state index in [1.165, 1.54) is 16.7 Å². The van der Waals surface area contributed by atoms with Gasteiger partial charge in [0.15, 0.2) is 0 Å². The molecule has 0 unspecified atom stereocenters. The second-order valence-electron chi connectivity index (χ2n) is 4.26. The van der Waals surface area contributed by atoms with Crippen molar-refractivity contribution >= 4 is 15.9 Å². The van der Waals surface area contributed by atoms with Crippen molar-refractivity contribution in [2.45, 2.75) is 33.1 Å². The summed E-state index contributed by atoms with van der Waals surface area (Å²) in [7, 11) is 0. The second kappa shape index (κ2) is 3.83. The number of alkyl halides is 1. The first-order valence-electron chi connectivity index (χ1n) is 4.61. The molecule has 0 amide bonds. The summed E-state index contributed by atoms with van der Waals surface area (Å²) in [6.07, 6.45) is 0. The van der Waals surface area contributed by atoms with Gasteiger partial charge in [-0.25, -0.2) is 0 Å². The predicted molar refractivity (Wildman–Crippen MR) is 62.7 cm³/mol. The summed E-state index contributed by atoms with van der Waals surface area (Å²) < 4.78 is 0. The molecule has 72 valence electrons. The van der Waals surface area contributed by atoms with Gasteiger partial charge in [-0.2, -0.15) is 0 Å². The number of hydrogen-bond acceptors (Lipinski definition) is 0. The van der Waals surface area contributed by atoms with Crippen LogP contribution in [-0.2, 0) is 5.41 Å². The average molecular weight is 241 g/mol. The highest BCUT2D eigenvalue weighted by Gasteiger charge is 2.20. The van der Waals surface area contributed by atoms with Crippen LogP contribution in [0.25, 0.3) is 0 Å². The molecule has 13 heavy (non-hydrogen) atoms. The molecule has 1 aromatic rings. The quantitative estimate of drug-likeness (QED) is 0.687. The fourth-order valence-corrected chi connectivity index (χ4v) is 1.86. The van der Waals surface area contributed by atoms with Crippen LogP contribution in [0.4, 0.5) is 0 Å². The largest absolute Gasteiger partial charge is 0.0919 e. The molecule has 0 radical (unpaired) electrons. The maximum absolute atomic E-state index is 3.57. The van der Waals surface area contributed by atoms with Crippen LogP contribution in [0.1, 0.15) is 30.5 Å². The lowest BCUT2D eigenvalue weighted by Gasteiger charge is -2.25. The van der Waals surface area contributed by atoms with Crippen molar-refractivity contribution in [2.75, 3.05) is 5.33 Å². The molecule has 0 heterocycles. The molecule has 0 N–H and O–H groups in total. The third kappa shape index (κ3) is 2.14. The third-order valence-electron chi connectivity index (χ3n) is 2.67. The van der Waals surface area contributed by atoms with E-state index < -0.39 is 0 Å². The molecule has 1 heteroatoms. The normalized spacial score (nSPS) is 11.8. The Morgan fingerprint density at radius 2 is 1.85 bits per heavy atom. The monoisotopic (exact) mass is 240 g/mol. The summed E-state index contributed by atoms with van der Waals surface area (Å²) in [6, 6.07) is 6.54. The third-order valence-corrected chi connectivity index (χ3v) is 4.07. The maximum Gasteiger partial charge on any atom is 0.0123 e. The topological polar surface area (TPSA) is 0 Å². The van der Waals surface area contributed by atoms with Crippen LogP contribution in [0.5, 0.6) is 0 Å². The standard InChI is InChI=1S/C12H17Br/c1-9-6-5-7-11(10(9)2)12(3,4)8-13/h5-7H,8H2,1-4H3. The molecule has 0 nitrogen and oxygen atoms in total. The minimum atomic E-state index is 0.232. The zero-order valence-electron chi connectivity index (χ0n) is 8.82. The fraction of sp³-hybridized carbons (Fsp3) is 0.500. The molecule has 0 atom stereocenters. The predicted octanol–water partition coefficient (Wildman–Crippen LogP) is 3.98. The van der Waals surface area contributed by atoms with E-state index in [0.29, 0.717) is 0 Å². The summed E-state index contributed by atoms with van der Waals surface area (Å²) in [5, 5.41) is 1.00. The molecule has 0 bridgehead atoms. The Hall–Kier alpha value is -0.300. The lowest BCUT2D eigenvalue weighted by molar-refractivity contribution is 0.601. The SMILES string of the molecule is Cc1cccc(C(C)(C)CBr)c1C. The van der Waals surface area contributed by atoms with Crippen LogP contribution in [0.2, 0.25) is 0 Å². The van der Waals surface area contributed by atoms with E-state index >= 15 is 0 Å². The molecule has 0 aliphatic heterocycles. The molecule has 0 saturated carbocycles. The summed E-state index contributed by atoms with van der Waals surface area (Å²) >= 11 is 3.57. The van der Waals surface area contributed by atoms with Crippen molar-refractivity contribution in [2.24, 2.45) is 0 Å². The van der Waals surface area contributed by atoms with Gasteiger partial charge in [-0.1, -0.05) is 48.0 Å². The number of hydrogen-bond donors (Lipinski definition) is 0. The van der Waals surface area contributed by atoms with E-state index in [0.717, 1.165) is 5.33 Å². The molecule has 0 aliphatic carbocycles. The lowest BCUT2D eigenvalue weighted by atomic mass is 9.83. The van der Waals surface area contributed by atoms with Crippen LogP contribution >= 0.6 is 15.9 Å². The number of halogens is 1. The Labute approximate surface area is 89.5 Å². The van der Waals surface area contributed by atoms with Gasteiger partial charge in [-0.3, -0.25) is 0 Å². The highest BCUT2D eigenvalue weighted by Crippen LogP contribution is 2.29. The van der Waals surface area contributed by atoms with Gasteiger partial charge >= 0.3 is 0 Å². The first kappa shape index (κ1) is 10.8. The molecule has 0 spiro atoms. The second-order valence-corrected chi connectivity index (χ2v) is 4.83. The van der Waals surface area contributed by atoms with E-state index in [1.807, 2.05) is 0 Å². The zero-order valence-corrected chi connectivity index (χ0v) is 10.4. The molecule has 1 rings (SSSR count). The van der Waals surface area contributed by atoms with Gasteiger partial charge in [0.05, 0.1) is 0 Å². The van der Waals surface area contributed by atoms with E-state index in [1.54, 1.807) is 0 Å². The van der Waals surface area contributed by atoms with Crippen molar-refractivity contribution in [3.63, 3.8) is 0 Å². The van der Waals surface area contributed by atoms with E-state index in [9.17, 15) is 0 Å². The van der Waals surface area contributed by atoms with Crippen molar-refractivity contribution in [1.82, 2.24) is 0 Å². The Bertz CT molecular complexity index is 300. The van der Waals surface area contributed by atoms with Gasteiger partial charge in [0.1, 0.15) is 0 Å². The van der Waals surface area contributed by atoms with E-state index in [4.69, 9.17) is 0 Å². The maximum atomic E-state index is 3.57. The molecule has 0 fully saturated rings. The van der Waals surface area contributed by atoms with Crippen molar-refractivity contribution in [3.8, 4) is 0 Å². The first-order valence-corrected chi connectivity index (χ1v) is 5.74. The van der Waals surface area contributed by atoms with Gasteiger partial charge in [0, 0.05) is 5.33 Å². The van der Waals surface area contributed by atoms with Gasteiger partial charge in [0.25, 0.3) is 0 Å². The Kier molecular flexibility index (Phi) is 3.18. The van der Waals surface area contributed by atoms with E-state index in [2.05, 4.69) is 61.8 Å². The Morgan fingerprint density at radius 3 is 2.38 bits per heavy atom. The summed E-state index contributed by atoms with van der Waals surface area (Å²) in [5.41, 5.74) is 4.48. The Morgan fingerprint density at radius 1 is 1.23 bits per heavy atom. The average Bonchev–Trinajstić information content (AvgIpc) is 2.09. The van der Waals surface area contributed by atoms with Crippen LogP contribution < -0.4 is 0 Å². The highest BCUT2D eigenvalue weighted by atomic mass is 79.9. The molecule has 0 aromatic heterocycles. The van der Waals surface area contributed by atoms with Gasteiger partial charge in [0.2, 0.25) is 0 Å². The van der Waals surface area contributed by atoms with Crippen molar-refractivity contribution in [1.29, 1.82) is 0 Å². The minimum absolute atomic E-state index is 0.232.